The summed E-state index contributed by atoms with van der Waals surface area (Å²) in [7, 11) is 0. The topological polar surface area (TPSA) is 67.3 Å². The summed E-state index contributed by atoms with van der Waals surface area (Å²) in [4.78, 5) is 23.0. The third-order valence-corrected chi connectivity index (χ3v) is 4.25. The third kappa shape index (κ3) is 4.47. The number of carbonyl (C=O) groups excluding carboxylic acids is 1. The number of piperidine rings is 1. The Hall–Kier alpha value is -2.63. The normalized spacial score (nSPS) is 17.2. The van der Waals surface area contributed by atoms with Gasteiger partial charge in [0, 0.05) is 18.8 Å². The molecule has 1 aromatic carbocycles. The third-order valence-electron chi connectivity index (χ3n) is 4.25. The molecule has 0 saturated carbocycles. The van der Waals surface area contributed by atoms with E-state index in [9.17, 15) is 4.79 Å². The molecule has 2 aromatic rings. The molecule has 1 atom stereocenters. The minimum absolute atomic E-state index is 0.0355. The van der Waals surface area contributed by atoms with E-state index < -0.39 is 0 Å². The molecule has 1 aliphatic rings. The van der Waals surface area contributed by atoms with Crippen LogP contribution in [0.25, 0.3) is 0 Å². The zero-order chi connectivity index (χ0) is 17.6. The predicted molar refractivity (Wildman–Crippen MR) is 97.2 cm³/mol. The SMILES string of the molecule is CCOc1ccc(Nc2cnc(C(=O)N3CCCC(C)C3)cn2)cc1. The number of likely N-dealkylation sites (tertiary alicyclic amines) is 1. The van der Waals surface area contributed by atoms with Gasteiger partial charge in [-0.1, -0.05) is 6.92 Å². The molecule has 2 heterocycles. The Morgan fingerprint density at radius 3 is 2.72 bits per heavy atom. The van der Waals surface area contributed by atoms with Crippen molar-refractivity contribution in [1.82, 2.24) is 14.9 Å². The number of anilines is 2. The first-order valence-electron chi connectivity index (χ1n) is 8.77. The average Bonchev–Trinajstić information content (AvgIpc) is 2.64. The second kappa shape index (κ2) is 7.96. The fourth-order valence-corrected chi connectivity index (χ4v) is 2.99. The highest BCUT2D eigenvalue weighted by molar-refractivity contribution is 5.92. The summed E-state index contributed by atoms with van der Waals surface area (Å²) < 4.78 is 5.42. The lowest BCUT2D eigenvalue weighted by molar-refractivity contribution is 0.0676. The lowest BCUT2D eigenvalue weighted by Crippen LogP contribution is -2.39. The molecule has 1 unspecified atom stereocenters. The van der Waals surface area contributed by atoms with Crippen molar-refractivity contribution in [2.45, 2.75) is 26.7 Å². The van der Waals surface area contributed by atoms with Crippen LogP contribution < -0.4 is 10.1 Å². The molecule has 132 valence electrons. The van der Waals surface area contributed by atoms with Crippen LogP contribution in [0.3, 0.4) is 0 Å². The Morgan fingerprint density at radius 2 is 2.08 bits per heavy atom. The number of nitrogens with zero attached hydrogens (tertiary/aromatic N) is 3. The number of aromatic nitrogens is 2. The minimum Gasteiger partial charge on any atom is -0.494 e. The Kier molecular flexibility index (Phi) is 5.48. The molecule has 1 amide bonds. The highest BCUT2D eigenvalue weighted by Crippen LogP contribution is 2.20. The molecule has 25 heavy (non-hydrogen) atoms. The van der Waals surface area contributed by atoms with E-state index in [1.165, 1.54) is 6.42 Å². The van der Waals surface area contributed by atoms with Crippen LogP contribution in [0.4, 0.5) is 11.5 Å². The molecular weight excluding hydrogens is 316 g/mol. The summed E-state index contributed by atoms with van der Waals surface area (Å²) in [5.41, 5.74) is 1.29. The molecule has 1 fully saturated rings. The second-order valence-electron chi connectivity index (χ2n) is 6.37. The number of hydrogen-bond donors (Lipinski definition) is 1. The highest BCUT2D eigenvalue weighted by Gasteiger charge is 2.23. The quantitative estimate of drug-likeness (QED) is 0.902. The molecule has 1 aliphatic heterocycles. The summed E-state index contributed by atoms with van der Waals surface area (Å²) in [6, 6.07) is 7.63. The van der Waals surface area contributed by atoms with Crippen molar-refractivity contribution in [3.8, 4) is 5.75 Å². The number of benzene rings is 1. The Morgan fingerprint density at radius 1 is 1.28 bits per heavy atom. The molecule has 6 heteroatoms. The fourth-order valence-electron chi connectivity index (χ4n) is 2.99. The van der Waals surface area contributed by atoms with Crippen LogP contribution in [0.5, 0.6) is 5.75 Å². The first kappa shape index (κ1) is 17.2. The Labute approximate surface area is 148 Å². The molecule has 1 saturated heterocycles. The van der Waals surface area contributed by atoms with Gasteiger partial charge >= 0.3 is 0 Å². The van der Waals surface area contributed by atoms with Gasteiger partial charge < -0.3 is 15.0 Å². The van der Waals surface area contributed by atoms with Crippen LogP contribution in [0.15, 0.2) is 36.7 Å². The standard InChI is InChI=1S/C19H24N4O2/c1-3-25-16-8-6-15(7-9-16)22-18-12-20-17(11-21-18)19(24)23-10-4-5-14(2)13-23/h6-9,11-12,14H,3-5,10,13H2,1-2H3,(H,21,22). The van der Waals surface area contributed by atoms with Gasteiger partial charge in [-0.2, -0.15) is 0 Å². The molecule has 0 aliphatic carbocycles. The maximum absolute atomic E-state index is 12.5. The monoisotopic (exact) mass is 340 g/mol. The molecule has 0 bridgehead atoms. The van der Waals surface area contributed by atoms with Crippen molar-refractivity contribution >= 4 is 17.4 Å². The van der Waals surface area contributed by atoms with E-state index in [1.54, 1.807) is 12.4 Å². The van der Waals surface area contributed by atoms with Gasteiger partial charge in [0.15, 0.2) is 0 Å². The summed E-state index contributed by atoms with van der Waals surface area (Å²) in [5, 5.41) is 3.17. The number of carbonyl (C=O) groups is 1. The predicted octanol–water partition coefficient (Wildman–Crippen LogP) is 3.49. The van der Waals surface area contributed by atoms with Crippen molar-refractivity contribution in [3.63, 3.8) is 0 Å². The summed E-state index contributed by atoms with van der Waals surface area (Å²) in [6.45, 7) is 6.37. The largest absolute Gasteiger partial charge is 0.494 e. The van der Waals surface area contributed by atoms with Gasteiger partial charge in [0.05, 0.1) is 19.0 Å². The van der Waals surface area contributed by atoms with Crippen molar-refractivity contribution in [1.29, 1.82) is 0 Å². The number of ether oxygens (including phenoxy) is 1. The zero-order valence-corrected chi connectivity index (χ0v) is 14.7. The fraction of sp³-hybridized carbons (Fsp3) is 0.421. The number of rotatable bonds is 5. The van der Waals surface area contributed by atoms with E-state index in [-0.39, 0.29) is 5.91 Å². The van der Waals surface area contributed by atoms with Crippen LogP contribution in [0.1, 0.15) is 37.2 Å². The molecule has 0 radical (unpaired) electrons. The summed E-state index contributed by atoms with van der Waals surface area (Å²) in [5.74, 6) is 1.95. The summed E-state index contributed by atoms with van der Waals surface area (Å²) in [6.07, 6.45) is 5.37. The van der Waals surface area contributed by atoms with E-state index in [0.717, 1.165) is 30.9 Å². The summed E-state index contributed by atoms with van der Waals surface area (Å²) >= 11 is 0. The number of amides is 1. The molecule has 1 N–H and O–H groups in total. The van der Waals surface area contributed by atoms with Gasteiger partial charge in [0.1, 0.15) is 17.3 Å². The lowest BCUT2D eigenvalue weighted by atomic mass is 10.0. The zero-order valence-electron chi connectivity index (χ0n) is 14.7. The average molecular weight is 340 g/mol. The van der Waals surface area contributed by atoms with Crippen LogP contribution in [0.2, 0.25) is 0 Å². The first-order valence-corrected chi connectivity index (χ1v) is 8.77. The second-order valence-corrected chi connectivity index (χ2v) is 6.37. The van der Waals surface area contributed by atoms with Crippen molar-refractivity contribution in [2.75, 3.05) is 25.0 Å². The van der Waals surface area contributed by atoms with Gasteiger partial charge in [-0.3, -0.25) is 4.79 Å². The maximum Gasteiger partial charge on any atom is 0.274 e. The van der Waals surface area contributed by atoms with Gasteiger partial charge in [-0.05, 0) is 49.9 Å². The number of nitrogens with one attached hydrogen (secondary N) is 1. The van der Waals surface area contributed by atoms with Crippen LogP contribution in [-0.4, -0.2) is 40.5 Å². The van der Waals surface area contributed by atoms with Crippen molar-refractivity contribution < 1.29 is 9.53 Å². The minimum atomic E-state index is -0.0355. The Bertz CT molecular complexity index is 700. The molecule has 0 spiro atoms. The highest BCUT2D eigenvalue weighted by atomic mass is 16.5. The van der Waals surface area contributed by atoms with E-state index in [4.69, 9.17) is 4.74 Å². The smallest absolute Gasteiger partial charge is 0.274 e. The van der Waals surface area contributed by atoms with Gasteiger partial charge in [0.25, 0.3) is 5.91 Å². The first-order chi connectivity index (χ1) is 12.2. The van der Waals surface area contributed by atoms with Crippen LogP contribution >= 0.6 is 0 Å². The van der Waals surface area contributed by atoms with E-state index >= 15 is 0 Å². The maximum atomic E-state index is 12.5. The molecule has 6 nitrogen and oxygen atoms in total. The molecule has 1 aromatic heterocycles. The van der Waals surface area contributed by atoms with Crippen molar-refractivity contribution in [2.24, 2.45) is 5.92 Å². The van der Waals surface area contributed by atoms with E-state index in [0.29, 0.717) is 24.0 Å². The molecular formula is C19H24N4O2. The van der Waals surface area contributed by atoms with Crippen LogP contribution in [0, 0.1) is 5.92 Å². The van der Waals surface area contributed by atoms with Crippen LogP contribution in [-0.2, 0) is 0 Å². The lowest BCUT2D eigenvalue weighted by Gasteiger charge is -2.30. The van der Waals surface area contributed by atoms with Crippen molar-refractivity contribution in [3.05, 3.63) is 42.4 Å². The van der Waals surface area contributed by atoms with E-state index in [2.05, 4.69) is 22.2 Å². The van der Waals surface area contributed by atoms with Gasteiger partial charge in [0.2, 0.25) is 0 Å². The molecule has 3 rings (SSSR count). The number of hydrogen-bond acceptors (Lipinski definition) is 5. The Balaban J connectivity index is 1.62. The van der Waals surface area contributed by atoms with Gasteiger partial charge in [-0.15, -0.1) is 0 Å². The van der Waals surface area contributed by atoms with E-state index in [1.807, 2.05) is 36.1 Å². The van der Waals surface area contributed by atoms with Gasteiger partial charge in [-0.25, -0.2) is 9.97 Å².